The first-order valence-electron chi connectivity index (χ1n) is 7.95. The molecule has 1 aliphatic rings. The molecule has 2 N–H and O–H groups in total. The van der Waals surface area contributed by atoms with Crippen LogP contribution in [0.15, 0.2) is 24.3 Å². The quantitative estimate of drug-likeness (QED) is 0.865. The maximum absolute atomic E-state index is 5.88. The van der Waals surface area contributed by atoms with Gasteiger partial charge in [-0.2, -0.15) is 0 Å². The van der Waals surface area contributed by atoms with Crippen molar-refractivity contribution in [2.45, 2.75) is 38.6 Å². The predicted octanol–water partition coefficient (Wildman–Crippen LogP) is 2.64. The van der Waals surface area contributed by atoms with E-state index in [0.717, 1.165) is 24.5 Å². The molecule has 0 aliphatic carbocycles. The van der Waals surface area contributed by atoms with Crippen molar-refractivity contribution in [3.05, 3.63) is 29.8 Å². The minimum Gasteiger partial charge on any atom is -0.492 e. The van der Waals surface area contributed by atoms with Gasteiger partial charge in [0.15, 0.2) is 0 Å². The van der Waals surface area contributed by atoms with Crippen molar-refractivity contribution in [2.24, 2.45) is 5.73 Å². The van der Waals surface area contributed by atoms with Gasteiger partial charge in [0.2, 0.25) is 0 Å². The van der Waals surface area contributed by atoms with Gasteiger partial charge in [0.25, 0.3) is 0 Å². The van der Waals surface area contributed by atoms with E-state index in [1.54, 1.807) is 0 Å². The number of hydrogen-bond donors (Lipinski definition) is 1. The molecule has 0 radical (unpaired) electrons. The van der Waals surface area contributed by atoms with Crippen LogP contribution in [0.3, 0.4) is 0 Å². The predicted molar refractivity (Wildman–Crippen MR) is 87.4 cm³/mol. The molecule has 21 heavy (non-hydrogen) atoms. The summed E-state index contributed by atoms with van der Waals surface area (Å²) in [6.07, 6.45) is 5.35. The third kappa shape index (κ3) is 5.41. The van der Waals surface area contributed by atoms with Crippen molar-refractivity contribution in [1.29, 1.82) is 0 Å². The van der Waals surface area contributed by atoms with Crippen LogP contribution in [-0.4, -0.2) is 37.2 Å². The van der Waals surface area contributed by atoms with Gasteiger partial charge >= 0.3 is 0 Å². The average Bonchev–Trinajstić information content (AvgIpc) is 2.71. The highest BCUT2D eigenvalue weighted by atomic mass is 16.5. The van der Waals surface area contributed by atoms with Crippen molar-refractivity contribution in [3.63, 3.8) is 0 Å². The summed E-state index contributed by atoms with van der Waals surface area (Å²) in [5.41, 5.74) is 6.35. The Morgan fingerprint density at radius 3 is 3.10 bits per heavy atom. The van der Waals surface area contributed by atoms with E-state index < -0.39 is 0 Å². The third-order valence-electron chi connectivity index (χ3n) is 4.01. The summed E-state index contributed by atoms with van der Waals surface area (Å²) < 4.78 is 5.88. The summed E-state index contributed by atoms with van der Waals surface area (Å²) >= 11 is 0. The van der Waals surface area contributed by atoms with Crippen LogP contribution in [0.5, 0.6) is 5.75 Å². The van der Waals surface area contributed by atoms with Crippen molar-refractivity contribution >= 4 is 0 Å². The highest BCUT2D eigenvalue weighted by Gasteiger charge is 2.16. The van der Waals surface area contributed by atoms with Crippen LogP contribution >= 0.6 is 0 Å². The molecular weight excluding hydrogens is 260 g/mol. The Kier molecular flexibility index (Phi) is 6.59. The zero-order chi connectivity index (χ0) is 14.9. The Labute approximate surface area is 128 Å². The van der Waals surface area contributed by atoms with Gasteiger partial charge in [0.05, 0.1) is 6.54 Å². The fourth-order valence-corrected chi connectivity index (χ4v) is 2.76. The lowest BCUT2D eigenvalue weighted by Gasteiger charge is -2.26. The Morgan fingerprint density at radius 1 is 1.33 bits per heavy atom. The van der Waals surface area contributed by atoms with E-state index in [1.165, 1.54) is 32.2 Å². The highest BCUT2D eigenvalue weighted by molar-refractivity contribution is 5.39. The molecule has 1 atom stereocenters. The summed E-state index contributed by atoms with van der Waals surface area (Å²) in [5.74, 6) is 6.79. The lowest BCUT2D eigenvalue weighted by Crippen LogP contribution is -2.35. The van der Waals surface area contributed by atoms with Gasteiger partial charge in [-0.1, -0.05) is 30.7 Å². The Bertz CT molecular complexity index is 489. The molecule has 114 valence electrons. The van der Waals surface area contributed by atoms with E-state index >= 15 is 0 Å². The van der Waals surface area contributed by atoms with Crippen LogP contribution in [0.1, 0.15) is 38.2 Å². The van der Waals surface area contributed by atoms with Gasteiger partial charge in [0, 0.05) is 18.2 Å². The number of rotatable bonds is 4. The third-order valence-corrected chi connectivity index (χ3v) is 4.01. The van der Waals surface area contributed by atoms with Gasteiger partial charge in [0.1, 0.15) is 12.4 Å². The fourth-order valence-electron chi connectivity index (χ4n) is 2.76. The first-order chi connectivity index (χ1) is 10.3. The summed E-state index contributed by atoms with van der Waals surface area (Å²) in [4.78, 5) is 2.55. The van der Waals surface area contributed by atoms with Gasteiger partial charge in [-0.05, 0) is 44.5 Å². The molecular formula is C18H26N2O. The minimum absolute atomic E-state index is 0.387. The maximum atomic E-state index is 5.88. The van der Waals surface area contributed by atoms with Gasteiger partial charge < -0.3 is 10.5 Å². The normalized spacial score (nSPS) is 19.4. The smallest absolute Gasteiger partial charge is 0.120 e. The molecule has 1 fully saturated rings. The van der Waals surface area contributed by atoms with E-state index in [2.05, 4.69) is 23.7 Å². The van der Waals surface area contributed by atoms with E-state index in [0.29, 0.717) is 12.6 Å². The van der Waals surface area contributed by atoms with Crippen molar-refractivity contribution in [2.75, 3.05) is 26.2 Å². The zero-order valence-electron chi connectivity index (χ0n) is 13.0. The van der Waals surface area contributed by atoms with Gasteiger partial charge in [-0.25, -0.2) is 0 Å². The van der Waals surface area contributed by atoms with Crippen LogP contribution in [0, 0.1) is 11.8 Å². The maximum Gasteiger partial charge on any atom is 0.120 e. The number of likely N-dealkylation sites (tertiary alicyclic amines) is 1. The van der Waals surface area contributed by atoms with Crippen LogP contribution < -0.4 is 10.5 Å². The molecule has 2 rings (SSSR count). The molecule has 0 saturated carbocycles. The first-order valence-corrected chi connectivity index (χ1v) is 7.95. The standard InChI is InChI=1S/C18H26N2O/c1-16-7-3-2-4-12-20(16)13-14-21-18-10-5-8-17(15-18)9-6-11-19/h5,8,10,15-16H,2-4,7,11-14,19H2,1H3. The van der Waals surface area contributed by atoms with Crippen LogP contribution in [-0.2, 0) is 0 Å². The monoisotopic (exact) mass is 286 g/mol. The van der Waals surface area contributed by atoms with E-state index in [4.69, 9.17) is 10.5 Å². The van der Waals surface area contributed by atoms with Crippen LogP contribution in [0.4, 0.5) is 0 Å². The Morgan fingerprint density at radius 2 is 2.24 bits per heavy atom. The fraction of sp³-hybridized carbons (Fsp3) is 0.556. The number of ether oxygens (including phenoxy) is 1. The van der Waals surface area contributed by atoms with E-state index in [1.807, 2.05) is 24.3 Å². The molecule has 1 aliphatic heterocycles. The Hall–Kier alpha value is -1.50. The molecule has 1 aromatic carbocycles. The van der Waals surface area contributed by atoms with Crippen LogP contribution in [0.2, 0.25) is 0 Å². The molecule has 3 nitrogen and oxygen atoms in total. The average molecular weight is 286 g/mol. The lowest BCUT2D eigenvalue weighted by atomic mass is 10.1. The molecule has 0 aromatic heterocycles. The highest BCUT2D eigenvalue weighted by Crippen LogP contribution is 2.17. The van der Waals surface area contributed by atoms with E-state index in [9.17, 15) is 0 Å². The second kappa shape index (κ2) is 8.71. The SMILES string of the molecule is CC1CCCCCN1CCOc1cccc(C#CCN)c1. The molecule has 3 heteroatoms. The van der Waals surface area contributed by atoms with Crippen LogP contribution in [0.25, 0.3) is 0 Å². The second-order valence-corrected chi connectivity index (χ2v) is 5.62. The molecule has 1 heterocycles. The number of nitrogens with zero attached hydrogens (tertiary/aromatic N) is 1. The summed E-state index contributed by atoms with van der Waals surface area (Å²) in [6.45, 7) is 5.65. The zero-order valence-corrected chi connectivity index (χ0v) is 13.0. The summed E-state index contributed by atoms with van der Waals surface area (Å²) in [5, 5.41) is 0. The molecule has 0 spiro atoms. The lowest BCUT2D eigenvalue weighted by molar-refractivity contribution is 0.171. The summed E-state index contributed by atoms with van der Waals surface area (Å²) in [6, 6.07) is 8.60. The van der Waals surface area contributed by atoms with Gasteiger partial charge in [-0.15, -0.1) is 0 Å². The van der Waals surface area contributed by atoms with Crippen molar-refractivity contribution in [3.8, 4) is 17.6 Å². The summed E-state index contributed by atoms with van der Waals surface area (Å²) in [7, 11) is 0. The number of nitrogens with two attached hydrogens (primary N) is 1. The van der Waals surface area contributed by atoms with Gasteiger partial charge in [-0.3, -0.25) is 4.90 Å². The number of benzene rings is 1. The molecule has 1 aromatic rings. The number of hydrogen-bond acceptors (Lipinski definition) is 3. The van der Waals surface area contributed by atoms with E-state index in [-0.39, 0.29) is 0 Å². The molecule has 1 saturated heterocycles. The molecule has 0 amide bonds. The Balaban J connectivity index is 1.82. The first kappa shape index (κ1) is 15.9. The molecule has 0 bridgehead atoms. The minimum atomic E-state index is 0.387. The largest absolute Gasteiger partial charge is 0.492 e. The van der Waals surface area contributed by atoms with Crippen molar-refractivity contribution < 1.29 is 4.74 Å². The second-order valence-electron chi connectivity index (χ2n) is 5.62. The molecule has 1 unspecified atom stereocenters. The topological polar surface area (TPSA) is 38.5 Å². The van der Waals surface area contributed by atoms with Crippen molar-refractivity contribution in [1.82, 2.24) is 4.90 Å².